The van der Waals surface area contributed by atoms with E-state index in [4.69, 9.17) is 4.74 Å². The van der Waals surface area contributed by atoms with Crippen molar-refractivity contribution in [2.45, 2.75) is 25.4 Å². The van der Waals surface area contributed by atoms with Gasteiger partial charge < -0.3 is 4.74 Å². The Kier molecular flexibility index (Phi) is 1.95. The molecule has 1 fully saturated rings. The van der Waals surface area contributed by atoms with Crippen LogP contribution in [0.25, 0.3) is 0 Å². The number of nitrogens with one attached hydrogen (secondary N) is 1. The van der Waals surface area contributed by atoms with E-state index in [0.717, 1.165) is 19.4 Å². The lowest BCUT2D eigenvalue weighted by molar-refractivity contribution is 0.109. The van der Waals surface area contributed by atoms with Crippen LogP contribution in [-0.2, 0) is 11.2 Å². The topological polar surface area (TPSA) is 68.1 Å². The van der Waals surface area contributed by atoms with Crippen LogP contribution in [0, 0.1) is 0 Å². The number of rotatable bonds is 2. The Morgan fingerprint density at radius 3 is 3.17 bits per heavy atom. The summed E-state index contributed by atoms with van der Waals surface area (Å²) in [4.78, 5) is 13.0. The lowest BCUT2D eigenvalue weighted by Gasteiger charge is -2.04. The van der Waals surface area contributed by atoms with Gasteiger partial charge in [0.1, 0.15) is 0 Å². The number of aromatic amines is 1. The van der Waals surface area contributed by atoms with Gasteiger partial charge in [-0.15, -0.1) is 0 Å². The fourth-order valence-corrected chi connectivity index (χ4v) is 1.37. The molecule has 0 saturated carbocycles. The zero-order valence-corrected chi connectivity index (χ0v) is 6.58. The van der Waals surface area contributed by atoms with E-state index in [2.05, 4.69) is 14.7 Å². The normalized spacial score (nSPS) is 23.2. The molecular weight excluding hydrogens is 160 g/mol. The minimum atomic E-state index is -0.497. The van der Waals surface area contributed by atoms with Crippen LogP contribution in [0.5, 0.6) is 0 Å². The molecule has 5 nitrogen and oxygen atoms in total. The third kappa shape index (κ3) is 1.55. The molecule has 0 spiro atoms. The highest BCUT2D eigenvalue weighted by molar-refractivity contribution is 4.84. The van der Waals surface area contributed by atoms with Gasteiger partial charge in [-0.3, -0.25) is 9.51 Å². The minimum absolute atomic E-state index is 0.200. The Balaban J connectivity index is 1.98. The van der Waals surface area contributed by atoms with Crippen LogP contribution in [0.1, 0.15) is 18.7 Å². The lowest BCUT2D eigenvalue weighted by atomic mass is 10.2. The van der Waals surface area contributed by atoms with E-state index in [1.165, 1.54) is 0 Å². The van der Waals surface area contributed by atoms with Crippen LogP contribution in [0.3, 0.4) is 0 Å². The first-order valence-corrected chi connectivity index (χ1v) is 4.01. The Labute approximate surface area is 68.7 Å². The molecule has 1 atom stereocenters. The van der Waals surface area contributed by atoms with Crippen molar-refractivity contribution in [1.29, 1.82) is 0 Å². The number of hydrogen-bond donors (Lipinski definition) is 1. The van der Waals surface area contributed by atoms with Crippen LogP contribution in [0.4, 0.5) is 0 Å². The van der Waals surface area contributed by atoms with Crippen LogP contribution in [0.2, 0.25) is 0 Å². The lowest BCUT2D eigenvalue weighted by Crippen LogP contribution is -2.10. The second kappa shape index (κ2) is 3.10. The highest BCUT2D eigenvalue weighted by atomic mass is 16.5. The summed E-state index contributed by atoms with van der Waals surface area (Å²) >= 11 is 0. The summed E-state index contributed by atoms with van der Waals surface area (Å²) in [6.07, 6.45) is 2.97. The van der Waals surface area contributed by atoms with Crippen LogP contribution in [0.15, 0.2) is 9.32 Å². The molecule has 12 heavy (non-hydrogen) atoms. The second-order valence-corrected chi connectivity index (χ2v) is 2.88. The summed E-state index contributed by atoms with van der Waals surface area (Å²) in [7, 11) is 0. The SMILES string of the molecule is O=c1[nH]c(CC2CCCO2)no1. The molecule has 5 heteroatoms. The highest BCUT2D eigenvalue weighted by Gasteiger charge is 2.17. The summed E-state index contributed by atoms with van der Waals surface area (Å²) in [5.41, 5.74) is 0. The Morgan fingerprint density at radius 1 is 1.67 bits per heavy atom. The van der Waals surface area contributed by atoms with Gasteiger partial charge in [-0.05, 0) is 12.8 Å². The molecule has 1 aromatic rings. The first-order chi connectivity index (χ1) is 5.84. The Morgan fingerprint density at radius 2 is 2.58 bits per heavy atom. The summed E-state index contributed by atoms with van der Waals surface area (Å²) in [6.45, 7) is 0.812. The molecular formula is C7H10N2O3. The molecule has 1 aliphatic heterocycles. The average Bonchev–Trinajstić information content (AvgIpc) is 2.63. The van der Waals surface area contributed by atoms with Crippen molar-refractivity contribution in [2.24, 2.45) is 0 Å². The molecule has 1 unspecified atom stereocenters. The first-order valence-electron chi connectivity index (χ1n) is 4.01. The van der Waals surface area contributed by atoms with Gasteiger partial charge in [-0.2, -0.15) is 0 Å². The van der Waals surface area contributed by atoms with Crippen LogP contribution >= 0.6 is 0 Å². The summed E-state index contributed by atoms with van der Waals surface area (Å²) < 4.78 is 9.72. The highest BCUT2D eigenvalue weighted by Crippen LogP contribution is 2.14. The zero-order chi connectivity index (χ0) is 8.39. The van der Waals surface area contributed by atoms with Gasteiger partial charge in [0.25, 0.3) is 0 Å². The zero-order valence-electron chi connectivity index (χ0n) is 6.58. The van der Waals surface area contributed by atoms with Crippen molar-refractivity contribution in [3.05, 3.63) is 16.4 Å². The summed E-state index contributed by atoms with van der Waals surface area (Å²) in [6, 6.07) is 0. The van der Waals surface area contributed by atoms with Crippen LogP contribution < -0.4 is 5.76 Å². The van der Waals surface area contributed by atoms with Gasteiger partial charge in [-0.25, -0.2) is 4.79 Å². The third-order valence-corrected chi connectivity index (χ3v) is 1.93. The van der Waals surface area contributed by atoms with Crippen molar-refractivity contribution >= 4 is 0 Å². The monoisotopic (exact) mass is 170 g/mol. The molecule has 1 saturated heterocycles. The predicted molar refractivity (Wildman–Crippen MR) is 39.8 cm³/mol. The number of aromatic nitrogens is 2. The van der Waals surface area contributed by atoms with E-state index in [0.29, 0.717) is 12.2 Å². The smallest absolute Gasteiger partial charge is 0.378 e. The molecule has 1 aromatic heterocycles. The average molecular weight is 170 g/mol. The maximum atomic E-state index is 10.5. The first kappa shape index (κ1) is 7.54. The molecule has 0 radical (unpaired) electrons. The van der Waals surface area contributed by atoms with E-state index >= 15 is 0 Å². The minimum Gasteiger partial charge on any atom is -0.378 e. The predicted octanol–water partition coefficient (Wildman–Crippen LogP) is 0.0844. The number of nitrogens with zero attached hydrogens (tertiary/aromatic N) is 1. The van der Waals surface area contributed by atoms with E-state index in [9.17, 15) is 4.79 Å². The van der Waals surface area contributed by atoms with Gasteiger partial charge in [0.05, 0.1) is 6.10 Å². The maximum absolute atomic E-state index is 10.5. The molecule has 0 amide bonds. The summed E-state index contributed by atoms with van der Waals surface area (Å²) in [5.74, 6) is 0.0786. The molecule has 0 aromatic carbocycles. The van der Waals surface area contributed by atoms with Crippen LogP contribution in [-0.4, -0.2) is 22.9 Å². The van der Waals surface area contributed by atoms with Crippen molar-refractivity contribution in [1.82, 2.24) is 10.1 Å². The molecule has 0 bridgehead atoms. The maximum Gasteiger partial charge on any atom is 0.438 e. The summed E-state index contributed by atoms with van der Waals surface area (Å²) in [5, 5.41) is 3.56. The second-order valence-electron chi connectivity index (χ2n) is 2.88. The van der Waals surface area contributed by atoms with Gasteiger partial charge in [0.2, 0.25) is 0 Å². The van der Waals surface area contributed by atoms with Crippen molar-refractivity contribution in [3.63, 3.8) is 0 Å². The number of hydrogen-bond acceptors (Lipinski definition) is 4. The largest absolute Gasteiger partial charge is 0.438 e. The van der Waals surface area contributed by atoms with E-state index in [1.807, 2.05) is 0 Å². The van der Waals surface area contributed by atoms with E-state index in [-0.39, 0.29) is 6.10 Å². The quantitative estimate of drug-likeness (QED) is 0.682. The van der Waals surface area contributed by atoms with E-state index < -0.39 is 5.76 Å². The molecule has 1 aliphatic rings. The standard InChI is InChI=1S/C7H10N2O3/c10-7-8-6(9-12-7)4-5-2-1-3-11-5/h5H,1-4H2,(H,8,9,10). The third-order valence-electron chi connectivity index (χ3n) is 1.93. The van der Waals surface area contributed by atoms with Crippen molar-refractivity contribution in [2.75, 3.05) is 6.61 Å². The van der Waals surface area contributed by atoms with Crippen molar-refractivity contribution in [3.8, 4) is 0 Å². The molecule has 1 N–H and O–H groups in total. The fourth-order valence-electron chi connectivity index (χ4n) is 1.37. The molecule has 66 valence electrons. The van der Waals surface area contributed by atoms with Gasteiger partial charge in [-0.1, -0.05) is 5.16 Å². The van der Waals surface area contributed by atoms with Gasteiger partial charge in [0.15, 0.2) is 5.82 Å². The molecule has 2 rings (SSSR count). The Hall–Kier alpha value is -1.10. The Bertz CT molecular complexity index is 298. The van der Waals surface area contributed by atoms with Gasteiger partial charge in [0, 0.05) is 13.0 Å². The molecule has 0 aliphatic carbocycles. The van der Waals surface area contributed by atoms with Gasteiger partial charge >= 0.3 is 5.76 Å². The molecule has 2 heterocycles. The number of ether oxygens (including phenoxy) is 1. The number of H-pyrrole nitrogens is 1. The van der Waals surface area contributed by atoms with E-state index in [1.54, 1.807) is 0 Å². The van der Waals surface area contributed by atoms with Crippen molar-refractivity contribution < 1.29 is 9.26 Å². The fraction of sp³-hybridized carbons (Fsp3) is 0.714.